The molecule has 0 unspecified atom stereocenters. The van der Waals surface area contributed by atoms with Crippen molar-refractivity contribution in [2.75, 3.05) is 27.2 Å². The predicted octanol–water partition coefficient (Wildman–Crippen LogP) is 0.350. The van der Waals surface area contributed by atoms with Gasteiger partial charge in [0, 0.05) is 39.3 Å². The van der Waals surface area contributed by atoms with Crippen molar-refractivity contribution in [2.45, 2.75) is 25.9 Å². The molecule has 0 saturated carbocycles. The van der Waals surface area contributed by atoms with E-state index in [0.29, 0.717) is 12.1 Å². The van der Waals surface area contributed by atoms with Gasteiger partial charge in [-0.05, 0) is 13.8 Å². The zero-order valence-electron chi connectivity index (χ0n) is 8.87. The maximum absolute atomic E-state index is 11.7. The lowest BCUT2D eigenvalue weighted by Gasteiger charge is -2.40. The van der Waals surface area contributed by atoms with Crippen molar-refractivity contribution in [3.05, 3.63) is 0 Å². The van der Waals surface area contributed by atoms with Crippen molar-refractivity contribution >= 4 is 6.03 Å². The van der Waals surface area contributed by atoms with Gasteiger partial charge in [0.25, 0.3) is 0 Å². The maximum Gasteiger partial charge on any atom is 0.320 e. The number of nitrogens with one attached hydrogen (secondary N) is 1. The van der Waals surface area contributed by atoms with Crippen molar-refractivity contribution in [1.82, 2.24) is 15.1 Å². The Hall–Kier alpha value is -0.770. The summed E-state index contributed by atoms with van der Waals surface area (Å²) in [6, 6.07) is 0.693. The van der Waals surface area contributed by atoms with E-state index >= 15 is 0 Å². The summed E-state index contributed by atoms with van der Waals surface area (Å²) in [5.41, 5.74) is 0. The van der Waals surface area contributed by atoms with Crippen LogP contribution in [0.15, 0.2) is 0 Å². The Morgan fingerprint density at radius 3 is 2.15 bits per heavy atom. The first-order valence-electron chi connectivity index (χ1n) is 4.74. The van der Waals surface area contributed by atoms with E-state index in [1.807, 2.05) is 4.90 Å². The van der Waals surface area contributed by atoms with Crippen molar-refractivity contribution < 1.29 is 4.79 Å². The summed E-state index contributed by atoms with van der Waals surface area (Å²) >= 11 is 0. The minimum atomic E-state index is 0.113. The molecule has 1 aliphatic rings. The van der Waals surface area contributed by atoms with Crippen molar-refractivity contribution in [3.8, 4) is 0 Å². The van der Waals surface area contributed by atoms with Gasteiger partial charge in [-0.25, -0.2) is 4.79 Å². The smallest absolute Gasteiger partial charge is 0.320 e. The van der Waals surface area contributed by atoms with E-state index in [1.54, 1.807) is 19.0 Å². The van der Waals surface area contributed by atoms with Crippen LogP contribution in [0.1, 0.15) is 13.8 Å². The summed E-state index contributed by atoms with van der Waals surface area (Å²) in [7, 11) is 3.59. The lowest BCUT2D eigenvalue weighted by Crippen LogP contribution is -2.59. The molecular weight excluding hydrogens is 166 g/mol. The summed E-state index contributed by atoms with van der Waals surface area (Å²) in [5.74, 6) is 0. The molecular formula is C9H19N3O. The fraction of sp³-hybridized carbons (Fsp3) is 0.889. The zero-order chi connectivity index (χ0) is 10.0. The van der Waals surface area contributed by atoms with E-state index in [9.17, 15) is 4.79 Å². The van der Waals surface area contributed by atoms with Crippen LogP contribution in [-0.4, -0.2) is 55.1 Å². The Balaban J connectivity index is 2.68. The largest absolute Gasteiger partial charge is 0.331 e. The van der Waals surface area contributed by atoms with E-state index in [2.05, 4.69) is 19.2 Å². The highest BCUT2D eigenvalue weighted by atomic mass is 16.2. The number of piperazine rings is 1. The zero-order valence-corrected chi connectivity index (χ0v) is 8.87. The molecule has 1 heterocycles. The molecule has 0 bridgehead atoms. The normalized spacial score (nSPS) is 28.8. The summed E-state index contributed by atoms with van der Waals surface area (Å²) < 4.78 is 0. The van der Waals surface area contributed by atoms with Gasteiger partial charge in [-0.2, -0.15) is 0 Å². The van der Waals surface area contributed by atoms with Gasteiger partial charge in [0.2, 0.25) is 0 Å². The second-order valence-corrected chi connectivity index (χ2v) is 3.94. The van der Waals surface area contributed by atoms with E-state index in [0.717, 1.165) is 13.1 Å². The molecule has 2 amide bonds. The molecule has 4 heteroatoms. The average Bonchev–Trinajstić information content (AvgIpc) is 2.03. The Bertz CT molecular complexity index is 183. The monoisotopic (exact) mass is 185 g/mol. The predicted molar refractivity (Wildman–Crippen MR) is 52.7 cm³/mol. The molecule has 1 fully saturated rings. The molecule has 1 saturated heterocycles. The molecule has 4 nitrogen and oxygen atoms in total. The van der Waals surface area contributed by atoms with E-state index in [4.69, 9.17) is 0 Å². The highest BCUT2D eigenvalue weighted by Crippen LogP contribution is 2.11. The molecule has 0 aromatic heterocycles. The standard InChI is InChI=1S/C9H19N3O/c1-7-5-10-6-8(2)12(7)9(13)11(3)4/h7-8,10H,5-6H2,1-4H3/t7-,8-/m0/s1. The third-order valence-corrected chi connectivity index (χ3v) is 2.43. The van der Waals surface area contributed by atoms with Gasteiger partial charge in [0.1, 0.15) is 0 Å². The van der Waals surface area contributed by atoms with E-state index in [-0.39, 0.29) is 6.03 Å². The number of hydrogen-bond donors (Lipinski definition) is 1. The van der Waals surface area contributed by atoms with Gasteiger partial charge in [0.05, 0.1) is 0 Å². The van der Waals surface area contributed by atoms with Crippen LogP contribution in [0.3, 0.4) is 0 Å². The Morgan fingerprint density at radius 1 is 1.31 bits per heavy atom. The van der Waals surface area contributed by atoms with Gasteiger partial charge < -0.3 is 15.1 Å². The van der Waals surface area contributed by atoms with Crippen molar-refractivity contribution in [2.24, 2.45) is 0 Å². The first-order valence-corrected chi connectivity index (χ1v) is 4.74. The fourth-order valence-corrected chi connectivity index (χ4v) is 1.74. The summed E-state index contributed by atoms with van der Waals surface area (Å²) in [4.78, 5) is 15.3. The molecule has 0 aromatic rings. The summed E-state index contributed by atoms with van der Waals surface area (Å²) in [5, 5.41) is 3.30. The summed E-state index contributed by atoms with van der Waals surface area (Å²) in [6.07, 6.45) is 0. The minimum Gasteiger partial charge on any atom is -0.331 e. The van der Waals surface area contributed by atoms with Gasteiger partial charge >= 0.3 is 6.03 Å². The van der Waals surface area contributed by atoms with Crippen LogP contribution in [0.5, 0.6) is 0 Å². The number of hydrogen-bond acceptors (Lipinski definition) is 2. The van der Waals surface area contributed by atoms with Crippen LogP contribution in [-0.2, 0) is 0 Å². The molecule has 0 spiro atoms. The molecule has 76 valence electrons. The number of rotatable bonds is 0. The van der Waals surface area contributed by atoms with Crippen LogP contribution in [0.4, 0.5) is 4.79 Å². The minimum absolute atomic E-state index is 0.113. The van der Waals surface area contributed by atoms with Crippen molar-refractivity contribution in [1.29, 1.82) is 0 Å². The first-order chi connectivity index (χ1) is 6.04. The highest BCUT2D eigenvalue weighted by molar-refractivity contribution is 5.74. The number of carbonyl (C=O) groups is 1. The fourth-order valence-electron chi connectivity index (χ4n) is 1.74. The van der Waals surface area contributed by atoms with Crippen LogP contribution in [0.2, 0.25) is 0 Å². The number of urea groups is 1. The Kier molecular flexibility index (Phi) is 3.14. The molecule has 0 aliphatic carbocycles. The third-order valence-electron chi connectivity index (χ3n) is 2.43. The number of nitrogens with zero attached hydrogens (tertiary/aromatic N) is 2. The van der Waals surface area contributed by atoms with E-state index < -0.39 is 0 Å². The van der Waals surface area contributed by atoms with Gasteiger partial charge in [-0.15, -0.1) is 0 Å². The Morgan fingerprint density at radius 2 is 1.77 bits per heavy atom. The summed E-state index contributed by atoms with van der Waals surface area (Å²) in [6.45, 7) is 5.93. The van der Waals surface area contributed by atoms with Crippen molar-refractivity contribution in [3.63, 3.8) is 0 Å². The van der Waals surface area contributed by atoms with Crippen LogP contribution < -0.4 is 5.32 Å². The third kappa shape index (κ3) is 2.12. The lowest BCUT2D eigenvalue weighted by molar-refractivity contribution is 0.112. The Labute approximate surface area is 79.9 Å². The molecule has 1 aliphatic heterocycles. The molecule has 0 radical (unpaired) electrons. The van der Waals surface area contributed by atoms with Gasteiger partial charge in [-0.1, -0.05) is 0 Å². The second-order valence-electron chi connectivity index (χ2n) is 3.94. The topological polar surface area (TPSA) is 35.6 Å². The number of amides is 2. The van der Waals surface area contributed by atoms with Gasteiger partial charge in [-0.3, -0.25) is 0 Å². The second kappa shape index (κ2) is 3.96. The molecule has 13 heavy (non-hydrogen) atoms. The average molecular weight is 185 g/mol. The quantitative estimate of drug-likeness (QED) is 0.591. The molecule has 1 rings (SSSR count). The SMILES string of the molecule is C[C@H]1CNC[C@H](C)N1C(=O)N(C)C. The highest BCUT2D eigenvalue weighted by Gasteiger charge is 2.29. The lowest BCUT2D eigenvalue weighted by atomic mass is 10.1. The number of carbonyl (C=O) groups excluding carboxylic acids is 1. The molecule has 0 aromatic carbocycles. The molecule has 2 atom stereocenters. The van der Waals surface area contributed by atoms with Crippen LogP contribution >= 0.6 is 0 Å². The van der Waals surface area contributed by atoms with Crippen LogP contribution in [0, 0.1) is 0 Å². The maximum atomic E-state index is 11.7. The first kappa shape index (κ1) is 10.3. The van der Waals surface area contributed by atoms with Crippen LogP contribution in [0.25, 0.3) is 0 Å². The molecule has 1 N–H and O–H groups in total. The van der Waals surface area contributed by atoms with Gasteiger partial charge in [0.15, 0.2) is 0 Å². The van der Waals surface area contributed by atoms with E-state index in [1.165, 1.54) is 0 Å².